The van der Waals surface area contributed by atoms with Crippen LogP contribution in [0.2, 0.25) is 10.0 Å². The topological polar surface area (TPSA) is 65.5 Å². The summed E-state index contributed by atoms with van der Waals surface area (Å²) in [5.41, 5.74) is 1.02. The first-order chi connectivity index (χ1) is 15.7. The molecule has 10 heteroatoms. The van der Waals surface area contributed by atoms with Crippen LogP contribution in [-0.4, -0.2) is 50.5 Å². The van der Waals surface area contributed by atoms with Crippen LogP contribution in [0.5, 0.6) is 0 Å². The molecule has 33 heavy (non-hydrogen) atoms. The molecular formula is C23H27Cl2FN4O2S. The molecule has 0 bridgehead atoms. The number of hydrogen-bond donors (Lipinski definition) is 1. The number of halogens is 3. The lowest BCUT2D eigenvalue weighted by Gasteiger charge is -2.51. The van der Waals surface area contributed by atoms with Crippen molar-refractivity contribution in [2.45, 2.75) is 43.5 Å². The van der Waals surface area contributed by atoms with Crippen molar-refractivity contribution in [3.8, 4) is 0 Å². The normalized spacial score (nSPS) is 27.8. The van der Waals surface area contributed by atoms with Gasteiger partial charge in [0.2, 0.25) is 5.95 Å². The molecule has 3 aliphatic rings. The standard InChI is InChI=1S/C23H27Cl2FN4O2S/c1-15-6-9-29(13-15)20-5-7-23(20)8-10-30(14-23)18-11-17(25)19(12-16(18)24)33(31,32)28-22-4-2-3-21(26)27-22/h2-4,11-12,15,20H,5-10,13-14H2,1H3,(H,27,28)/t15-,20+,23-/m0/s1. The molecule has 6 nitrogen and oxygen atoms in total. The smallest absolute Gasteiger partial charge is 0.264 e. The van der Waals surface area contributed by atoms with E-state index in [0.717, 1.165) is 37.2 Å². The predicted octanol–water partition coefficient (Wildman–Crippen LogP) is 5.03. The highest BCUT2D eigenvalue weighted by atomic mass is 35.5. The van der Waals surface area contributed by atoms with Crippen LogP contribution in [0.4, 0.5) is 15.9 Å². The highest BCUT2D eigenvalue weighted by Gasteiger charge is 2.53. The van der Waals surface area contributed by atoms with Gasteiger partial charge in [-0.3, -0.25) is 9.62 Å². The minimum absolute atomic E-state index is 0.0674. The lowest BCUT2D eigenvalue weighted by Crippen LogP contribution is -2.55. The Morgan fingerprint density at radius 2 is 1.97 bits per heavy atom. The van der Waals surface area contributed by atoms with Crippen molar-refractivity contribution in [1.82, 2.24) is 9.88 Å². The summed E-state index contributed by atoms with van der Waals surface area (Å²) in [6.07, 6.45) is 4.82. The first-order valence-corrected chi connectivity index (χ1v) is 13.5. The molecule has 5 rings (SSSR count). The molecule has 2 aliphatic heterocycles. The summed E-state index contributed by atoms with van der Waals surface area (Å²) < 4.78 is 41.3. The minimum Gasteiger partial charge on any atom is -0.370 e. The molecule has 1 aromatic carbocycles. The summed E-state index contributed by atoms with van der Waals surface area (Å²) in [5.74, 6) is -0.144. The van der Waals surface area contributed by atoms with Gasteiger partial charge in [-0.1, -0.05) is 36.2 Å². The Kier molecular flexibility index (Phi) is 6.00. The second kappa shape index (κ2) is 8.56. The molecule has 2 aromatic rings. The molecule has 2 saturated heterocycles. The molecule has 178 valence electrons. The van der Waals surface area contributed by atoms with E-state index in [-0.39, 0.29) is 21.2 Å². The van der Waals surface area contributed by atoms with Gasteiger partial charge in [0.05, 0.1) is 15.7 Å². The summed E-state index contributed by atoms with van der Waals surface area (Å²) in [7, 11) is -4.09. The predicted molar refractivity (Wildman–Crippen MR) is 129 cm³/mol. The lowest BCUT2D eigenvalue weighted by atomic mass is 9.63. The van der Waals surface area contributed by atoms with Gasteiger partial charge in [-0.25, -0.2) is 13.4 Å². The number of anilines is 2. The molecule has 1 spiro atoms. The van der Waals surface area contributed by atoms with E-state index in [1.54, 1.807) is 6.07 Å². The Labute approximate surface area is 204 Å². The minimum atomic E-state index is -4.09. The molecule has 0 unspecified atom stereocenters. The molecule has 1 N–H and O–H groups in total. The number of nitrogens with zero attached hydrogens (tertiary/aromatic N) is 3. The maximum absolute atomic E-state index is 13.4. The number of likely N-dealkylation sites (tertiary alicyclic amines) is 1. The molecule has 0 amide bonds. The van der Waals surface area contributed by atoms with Crippen molar-refractivity contribution in [2.75, 3.05) is 35.8 Å². The Morgan fingerprint density at radius 3 is 2.64 bits per heavy atom. The Bertz CT molecular complexity index is 1180. The van der Waals surface area contributed by atoms with E-state index in [9.17, 15) is 12.8 Å². The van der Waals surface area contributed by atoms with Crippen LogP contribution in [0.15, 0.2) is 35.2 Å². The van der Waals surface area contributed by atoms with Crippen LogP contribution < -0.4 is 9.62 Å². The van der Waals surface area contributed by atoms with Gasteiger partial charge in [-0.05, 0) is 62.4 Å². The van der Waals surface area contributed by atoms with Gasteiger partial charge in [-0.15, -0.1) is 0 Å². The highest BCUT2D eigenvalue weighted by molar-refractivity contribution is 7.92. The summed E-state index contributed by atoms with van der Waals surface area (Å²) in [5, 5.41) is 0.396. The monoisotopic (exact) mass is 512 g/mol. The fourth-order valence-electron chi connectivity index (χ4n) is 5.71. The van der Waals surface area contributed by atoms with Crippen molar-refractivity contribution >= 4 is 44.7 Å². The average Bonchev–Trinajstić information content (AvgIpc) is 3.36. The number of benzene rings is 1. The van der Waals surface area contributed by atoms with Gasteiger partial charge in [0.15, 0.2) is 0 Å². The molecule has 3 fully saturated rings. The number of rotatable bonds is 5. The molecule has 3 heterocycles. The maximum Gasteiger partial charge on any atom is 0.264 e. The van der Waals surface area contributed by atoms with Crippen molar-refractivity contribution < 1.29 is 12.8 Å². The second-order valence-corrected chi connectivity index (χ2v) is 12.1. The van der Waals surface area contributed by atoms with E-state index in [1.165, 1.54) is 50.6 Å². The largest absolute Gasteiger partial charge is 0.370 e. The van der Waals surface area contributed by atoms with Crippen molar-refractivity contribution in [3.05, 3.63) is 46.3 Å². The summed E-state index contributed by atoms with van der Waals surface area (Å²) in [6.45, 7) is 6.45. The fraction of sp³-hybridized carbons (Fsp3) is 0.522. The van der Waals surface area contributed by atoms with E-state index in [0.29, 0.717) is 11.1 Å². The van der Waals surface area contributed by atoms with E-state index < -0.39 is 16.0 Å². The van der Waals surface area contributed by atoms with Gasteiger partial charge in [0.25, 0.3) is 10.0 Å². The van der Waals surface area contributed by atoms with Crippen LogP contribution >= 0.6 is 23.2 Å². The van der Waals surface area contributed by atoms with Crippen molar-refractivity contribution in [2.24, 2.45) is 11.3 Å². The van der Waals surface area contributed by atoms with E-state index in [4.69, 9.17) is 23.2 Å². The molecule has 3 atom stereocenters. The third-order valence-corrected chi connectivity index (χ3v) is 9.61. The van der Waals surface area contributed by atoms with Gasteiger partial charge >= 0.3 is 0 Å². The zero-order valence-corrected chi connectivity index (χ0v) is 20.7. The van der Waals surface area contributed by atoms with Crippen LogP contribution in [0, 0.1) is 17.3 Å². The number of hydrogen-bond acceptors (Lipinski definition) is 5. The number of pyridine rings is 1. The van der Waals surface area contributed by atoms with Crippen molar-refractivity contribution in [3.63, 3.8) is 0 Å². The van der Waals surface area contributed by atoms with Crippen LogP contribution in [0.3, 0.4) is 0 Å². The molecule has 1 aromatic heterocycles. The van der Waals surface area contributed by atoms with Crippen molar-refractivity contribution in [1.29, 1.82) is 0 Å². The van der Waals surface area contributed by atoms with E-state index >= 15 is 0 Å². The zero-order chi connectivity index (χ0) is 23.4. The summed E-state index contributed by atoms with van der Waals surface area (Å²) >= 11 is 13.0. The summed E-state index contributed by atoms with van der Waals surface area (Å²) in [4.78, 5) is 8.28. The third-order valence-electron chi connectivity index (χ3n) is 7.49. The Hall–Kier alpha value is -1.61. The van der Waals surface area contributed by atoms with Crippen LogP contribution in [0.25, 0.3) is 0 Å². The molecular weight excluding hydrogens is 486 g/mol. The highest BCUT2D eigenvalue weighted by Crippen LogP contribution is 2.53. The average molecular weight is 513 g/mol. The lowest BCUT2D eigenvalue weighted by molar-refractivity contribution is 0.000292. The zero-order valence-electron chi connectivity index (χ0n) is 18.4. The molecule has 1 aliphatic carbocycles. The number of sulfonamides is 1. The molecule has 1 saturated carbocycles. The molecule has 0 radical (unpaired) electrons. The van der Waals surface area contributed by atoms with Crippen LogP contribution in [0.1, 0.15) is 32.6 Å². The second-order valence-electron chi connectivity index (χ2n) is 9.66. The fourth-order valence-corrected chi connectivity index (χ4v) is 7.60. The first-order valence-electron chi connectivity index (χ1n) is 11.3. The van der Waals surface area contributed by atoms with E-state index in [1.807, 2.05) is 0 Å². The first kappa shape index (κ1) is 23.1. The number of nitrogens with one attached hydrogen (secondary N) is 1. The van der Waals surface area contributed by atoms with Gasteiger partial charge in [0, 0.05) is 31.1 Å². The van der Waals surface area contributed by atoms with E-state index in [2.05, 4.69) is 26.4 Å². The number of aromatic nitrogens is 1. The quantitative estimate of drug-likeness (QED) is 0.569. The van der Waals surface area contributed by atoms with Gasteiger partial charge in [-0.2, -0.15) is 4.39 Å². The third kappa shape index (κ3) is 4.31. The van der Waals surface area contributed by atoms with Crippen LogP contribution in [-0.2, 0) is 10.0 Å². The maximum atomic E-state index is 13.4. The Morgan fingerprint density at radius 1 is 1.15 bits per heavy atom. The SMILES string of the molecule is C[C@H]1CCN([C@@H]2CC[C@@]23CCN(c2cc(Cl)c(S(=O)(=O)Nc4cccc(F)n4)cc2Cl)C3)C1. The van der Waals surface area contributed by atoms with Gasteiger partial charge < -0.3 is 4.90 Å². The Balaban J connectivity index is 1.35. The van der Waals surface area contributed by atoms with Gasteiger partial charge in [0.1, 0.15) is 10.7 Å². The summed E-state index contributed by atoms with van der Waals surface area (Å²) in [6, 6.07) is 7.48.